The van der Waals surface area contributed by atoms with Gasteiger partial charge in [0, 0.05) is 36.8 Å². The summed E-state index contributed by atoms with van der Waals surface area (Å²) in [6, 6.07) is 7.50. The Bertz CT molecular complexity index is 1090. The molecule has 1 saturated heterocycles. The number of hydrogen-bond donors (Lipinski definition) is 0. The van der Waals surface area contributed by atoms with Gasteiger partial charge < -0.3 is 14.5 Å². The molecule has 0 aliphatic carbocycles. The average Bonchev–Trinajstić information content (AvgIpc) is 3.22. The third-order valence-corrected chi connectivity index (χ3v) is 6.12. The third kappa shape index (κ3) is 3.10. The van der Waals surface area contributed by atoms with Crippen LogP contribution in [0.3, 0.4) is 0 Å². The van der Waals surface area contributed by atoms with E-state index in [-0.39, 0.29) is 12.5 Å². The minimum atomic E-state index is 0.0219. The first-order valence-electron chi connectivity index (χ1n) is 9.04. The van der Waals surface area contributed by atoms with Crippen LogP contribution in [0.1, 0.15) is 5.56 Å². The highest BCUT2D eigenvalue weighted by Crippen LogP contribution is 2.30. The number of thiophene rings is 1. The Morgan fingerprint density at radius 3 is 2.86 bits per heavy atom. The molecule has 0 unspecified atom stereocenters. The zero-order valence-corrected chi connectivity index (χ0v) is 16.5. The lowest BCUT2D eigenvalue weighted by atomic mass is 10.1. The van der Waals surface area contributed by atoms with Crippen molar-refractivity contribution < 1.29 is 9.53 Å². The Morgan fingerprint density at radius 1 is 1.14 bits per heavy atom. The zero-order chi connectivity index (χ0) is 19.1. The highest BCUT2D eigenvalue weighted by Gasteiger charge is 2.27. The normalized spacial score (nSPS) is 16.5. The lowest BCUT2D eigenvalue weighted by Gasteiger charge is -2.36. The SMILES string of the molecule is O=C(C1=Cc2cc(Cl)ccc2OC1)N1CCN(c2ncnc3sccc23)CC1. The van der Waals surface area contributed by atoms with E-state index in [2.05, 4.69) is 20.9 Å². The number of amides is 1. The molecule has 0 radical (unpaired) electrons. The first kappa shape index (κ1) is 17.5. The van der Waals surface area contributed by atoms with Crippen LogP contribution in [0.2, 0.25) is 5.02 Å². The van der Waals surface area contributed by atoms with E-state index in [0.29, 0.717) is 23.7 Å². The molecule has 1 fully saturated rings. The van der Waals surface area contributed by atoms with Gasteiger partial charge in [-0.15, -0.1) is 11.3 Å². The van der Waals surface area contributed by atoms with Gasteiger partial charge in [-0.25, -0.2) is 9.97 Å². The van der Waals surface area contributed by atoms with Gasteiger partial charge in [0.2, 0.25) is 0 Å². The van der Waals surface area contributed by atoms with Crippen LogP contribution in [0.25, 0.3) is 16.3 Å². The van der Waals surface area contributed by atoms with E-state index in [0.717, 1.165) is 40.4 Å². The number of carbonyl (C=O) groups is 1. The number of nitrogens with zero attached hydrogens (tertiary/aromatic N) is 4. The van der Waals surface area contributed by atoms with Crippen molar-refractivity contribution in [3.8, 4) is 5.75 Å². The standard InChI is InChI=1S/C20H17ClN4O2S/c21-15-1-2-17-13(10-15)9-14(11-27-17)20(26)25-6-4-24(5-7-25)18-16-3-8-28-19(16)23-12-22-18/h1-3,8-10,12H,4-7,11H2. The number of aromatic nitrogens is 2. The Labute approximate surface area is 171 Å². The number of fused-ring (bicyclic) bond motifs is 2. The quantitative estimate of drug-likeness (QED) is 0.645. The van der Waals surface area contributed by atoms with E-state index in [1.54, 1.807) is 23.7 Å². The van der Waals surface area contributed by atoms with Gasteiger partial charge in [-0.3, -0.25) is 4.79 Å². The van der Waals surface area contributed by atoms with Crippen LogP contribution < -0.4 is 9.64 Å². The highest BCUT2D eigenvalue weighted by molar-refractivity contribution is 7.16. The molecule has 0 spiro atoms. The molecule has 6 nitrogen and oxygen atoms in total. The molecule has 2 aliphatic rings. The zero-order valence-electron chi connectivity index (χ0n) is 15.0. The van der Waals surface area contributed by atoms with Crippen LogP contribution in [-0.4, -0.2) is 53.6 Å². The molecule has 142 valence electrons. The summed E-state index contributed by atoms with van der Waals surface area (Å²) in [5.74, 6) is 1.73. The molecule has 1 aromatic carbocycles. The van der Waals surface area contributed by atoms with E-state index < -0.39 is 0 Å². The van der Waals surface area contributed by atoms with Crippen LogP contribution in [0.4, 0.5) is 5.82 Å². The van der Waals surface area contributed by atoms with Crippen LogP contribution in [0.15, 0.2) is 41.5 Å². The largest absolute Gasteiger partial charge is 0.488 e. The Morgan fingerprint density at radius 2 is 2.00 bits per heavy atom. The van der Waals surface area contributed by atoms with Crippen molar-refractivity contribution in [1.82, 2.24) is 14.9 Å². The molecule has 0 N–H and O–H groups in total. The molecule has 28 heavy (non-hydrogen) atoms. The van der Waals surface area contributed by atoms with Crippen LogP contribution in [0, 0.1) is 0 Å². The van der Waals surface area contributed by atoms with Gasteiger partial charge in [0.05, 0.1) is 11.0 Å². The number of rotatable bonds is 2. The monoisotopic (exact) mass is 412 g/mol. The van der Waals surface area contributed by atoms with Crippen molar-refractivity contribution in [3.05, 3.63) is 52.1 Å². The van der Waals surface area contributed by atoms with Crippen LogP contribution in [-0.2, 0) is 4.79 Å². The van der Waals surface area contributed by atoms with Gasteiger partial charge in [-0.1, -0.05) is 11.6 Å². The molecule has 1 amide bonds. The maximum atomic E-state index is 13.0. The van der Waals surface area contributed by atoms with Crippen molar-refractivity contribution in [2.24, 2.45) is 0 Å². The first-order chi connectivity index (χ1) is 13.7. The summed E-state index contributed by atoms with van der Waals surface area (Å²) < 4.78 is 5.73. The Balaban J connectivity index is 1.31. The average molecular weight is 413 g/mol. The number of piperazine rings is 1. The number of halogens is 1. The van der Waals surface area contributed by atoms with Crippen molar-refractivity contribution in [2.75, 3.05) is 37.7 Å². The fourth-order valence-corrected chi connectivity index (χ4v) is 4.53. The topological polar surface area (TPSA) is 58.6 Å². The number of anilines is 1. The lowest BCUT2D eigenvalue weighted by molar-refractivity contribution is -0.127. The second-order valence-corrected chi connectivity index (χ2v) is 8.09. The summed E-state index contributed by atoms with van der Waals surface area (Å²) in [6.07, 6.45) is 3.50. The number of carbonyl (C=O) groups excluding carboxylic acids is 1. The van der Waals surface area contributed by atoms with Crippen LogP contribution >= 0.6 is 22.9 Å². The minimum Gasteiger partial charge on any atom is -0.488 e. The molecular weight excluding hydrogens is 396 g/mol. The fourth-order valence-electron chi connectivity index (χ4n) is 3.63. The number of benzene rings is 1. The van der Waals surface area contributed by atoms with E-state index >= 15 is 0 Å². The second-order valence-electron chi connectivity index (χ2n) is 6.76. The fraction of sp³-hybridized carbons (Fsp3) is 0.250. The Hall–Kier alpha value is -2.64. The summed E-state index contributed by atoms with van der Waals surface area (Å²) in [7, 11) is 0. The smallest absolute Gasteiger partial charge is 0.253 e. The summed E-state index contributed by atoms with van der Waals surface area (Å²) in [6.45, 7) is 3.06. The molecule has 5 rings (SSSR count). The minimum absolute atomic E-state index is 0.0219. The summed E-state index contributed by atoms with van der Waals surface area (Å²) >= 11 is 7.68. The van der Waals surface area contributed by atoms with Gasteiger partial charge in [-0.05, 0) is 35.7 Å². The highest BCUT2D eigenvalue weighted by atomic mass is 35.5. The molecule has 0 bridgehead atoms. The maximum Gasteiger partial charge on any atom is 0.253 e. The number of hydrogen-bond acceptors (Lipinski definition) is 6. The van der Waals surface area contributed by atoms with Gasteiger partial charge in [0.1, 0.15) is 29.3 Å². The first-order valence-corrected chi connectivity index (χ1v) is 10.3. The molecule has 4 heterocycles. The van der Waals surface area contributed by atoms with Crippen LogP contribution in [0.5, 0.6) is 5.75 Å². The molecule has 2 aromatic heterocycles. The van der Waals surface area contributed by atoms with Crippen molar-refractivity contribution >= 4 is 51.0 Å². The molecule has 0 saturated carbocycles. The summed E-state index contributed by atoms with van der Waals surface area (Å²) in [4.78, 5) is 26.8. The molecular formula is C20H17ClN4O2S. The van der Waals surface area contributed by atoms with E-state index in [1.165, 1.54) is 0 Å². The molecule has 3 aromatic rings. The van der Waals surface area contributed by atoms with Crippen molar-refractivity contribution in [1.29, 1.82) is 0 Å². The molecule has 2 aliphatic heterocycles. The van der Waals surface area contributed by atoms with E-state index in [1.807, 2.05) is 28.5 Å². The predicted molar refractivity (Wildman–Crippen MR) is 111 cm³/mol. The maximum absolute atomic E-state index is 13.0. The van der Waals surface area contributed by atoms with Gasteiger partial charge in [0.25, 0.3) is 5.91 Å². The lowest BCUT2D eigenvalue weighted by Crippen LogP contribution is -2.49. The molecule has 0 atom stereocenters. The van der Waals surface area contributed by atoms with E-state index in [9.17, 15) is 4.79 Å². The van der Waals surface area contributed by atoms with Gasteiger partial charge >= 0.3 is 0 Å². The van der Waals surface area contributed by atoms with Crippen molar-refractivity contribution in [3.63, 3.8) is 0 Å². The van der Waals surface area contributed by atoms with Gasteiger partial charge in [0.15, 0.2) is 0 Å². The third-order valence-electron chi connectivity index (χ3n) is 5.07. The van der Waals surface area contributed by atoms with Gasteiger partial charge in [-0.2, -0.15) is 0 Å². The van der Waals surface area contributed by atoms with E-state index in [4.69, 9.17) is 16.3 Å². The summed E-state index contributed by atoms with van der Waals surface area (Å²) in [5.41, 5.74) is 1.51. The predicted octanol–water partition coefficient (Wildman–Crippen LogP) is 3.47. The summed E-state index contributed by atoms with van der Waals surface area (Å²) in [5, 5.41) is 3.73. The Kier molecular flexibility index (Phi) is 4.41. The number of ether oxygens (including phenoxy) is 1. The molecule has 8 heteroatoms. The van der Waals surface area contributed by atoms with Crippen molar-refractivity contribution in [2.45, 2.75) is 0 Å². The second kappa shape index (κ2) is 7.07.